The second-order valence-corrected chi connectivity index (χ2v) is 9.25. The van der Waals surface area contributed by atoms with E-state index in [0.29, 0.717) is 0 Å². The van der Waals surface area contributed by atoms with E-state index in [4.69, 9.17) is 21.7 Å². The quantitative estimate of drug-likeness (QED) is 0.0682. The molecule has 12 N–H and O–H groups in total. The zero-order valence-corrected chi connectivity index (χ0v) is 21.4. The standard InChI is InChI=1S/C22H31N5O11S/c23-4-3-17(30)26-12(22(37)38)5-10-6-14(28)19(33)15(7-10)39-9-13(20(34)25-8-18(31)32)27-16(29)2-1-11(24)21(35)36/h6-7,11-13,28,33H,1-5,8-9,23-24H2,(H,25,34)(H,26,30)(H,27,29)(H,31,32)(H,35,36)(H,37,38)/t11-,12-,13-/m0/s1. The predicted molar refractivity (Wildman–Crippen MR) is 135 cm³/mol. The number of aliphatic carboxylic acids is 3. The Morgan fingerprint density at radius 2 is 1.51 bits per heavy atom. The summed E-state index contributed by atoms with van der Waals surface area (Å²) in [6, 6.07) is -1.64. The van der Waals surface area contributed by atoms with Gasteiger partial charge in [-0.25, -0.2) is 4.79 Å². The summed E-state index contributed by atoms with van der Waals surface area (Å²) in [5.74, 6) is -7.79. The number of carboxylic acids is 3. The Hall–Kier alpha value is -4.09. The molecule has 0 radical (unpaired) electrons. The Morgan fingerprint density at radius 3 is 2.08 bits per heavy atom. The van der Waals surface area contributed by atoms with Crippen LogP contribution in [-0.2, 0) is 35.2 Å². The molecule has 0 unspecified atom stereocenters. The smallest absolute Gasteiger partial charge is 0.326 e. The third-order valence-corrected chi connectivity index (χ3v) is 6.15. The van der Waals surface area contributed by atoms with Crippen LogP contribution in [0.3, 0.4) is 0 Å². The molecule has 0 bridgehead atoms. The van der Waals surface area contributed by atoms with E-state index in [2.05, 4.69) is 16.0 Å². The number of benzene rings is 1. The number of aromatic hydroxyl groups is 2. The molecule has 0 aliphatic carbocycles. The van der Waals surface area contributed by atoms with Gasteiger partial charge in [-0.15, -0.1) is 11.8 Å². The van der Waals surface area contributed by atoms with E-state index >= 15 is 0 Å². The van der Waals surface area contributed by atoms with Crippen LogP contribution in [-0.4, -0.2) is 98.1 Å². The molecule has 216 valence electrons. The maximum Gasteiger partial charge on any atom is 0.326 e. The molecule has 3 amide bonds. The molecule has 1 aromatic rings. The van der Waals surface area contributed by atoms with Crippen LogP contribution >= 0.6 is 11.8 Å². The summed E-state index contributed by atoms with van der Waals surface area (Å²) >= 11 is 0.772. The average Bonchev–Trinajstić information content (AvgIpc) is 2.85. The molecule has 3 atom stereocenters. The van der Waals surface area contributed by atoms with Crippen molar-refractivity contribution < 1.29 is 54.3 Å². The number of nitrogens with one attached hydrogen (secondary N) is 3. The maximum atomic E-state index is 12.5. The van der Waals surface area contributed by atoms with Crippen molar-refractivity contribution in [2.24, 2.45) is 11.5 Å². The van der Waals surface area contributed by atoms with Gasteiger partial charge in [0.25, 0.3) is 0 Å². The van der Waals surface area contributed by atoms with Crippen LogP contribution < -0.4 is 27.4 Å². The van der Waals surface area contributed by atoms with Gasteiger partial charge >= 0.3 is 17.9 Å². The summed E-state index contributed by atoms with van der Waals surface area (Å²) < 4.78 is 0. The molecule has 0 aliphatic heterocycles. The minimum absolute atomic E-state index is 0.00304. The molecule has 1 aromatic carbocycles. The molecular weight excluding hydrogens is 542 g/mol. The highest BCUT2D eigenvalue weighted by Gasteiger charge is 2.25. The number of carbonyl (C=O) groups is 6. The summed E-state index contributed by atoms with van der Waals surface area (Å²) in [4.78, 5) is 69.8. The molecule has 1 rings (SSSR count). The normalized spacial score (nSPS) is 13.0. The Morgan fingerprint density at radius 1 is 0.897 bits per heavy atom. The van der Waals surface area contributed by atoms with E-state index < -0.39 is 71.8 Å². The number of amides is 3. The van der Waals surface area contributed by atoms with Gasteiger partial charge in [-0.2, -0.15) is 0 Å². The lowest BCUT2D eigenvalue weighted by molar-refractivity contribution is -0.141. The van der Waals surface area contributed by atoms with Gasteiger partial charge in [-0.05, 0) is 24.1 Å². The largest absolute Gasteiger partial charge is 0.504 e. The summed E-state index contributed by atoms with van der Waals surface area (Å²) in [6.45, 7) is -0.753. The Kier molecular flexibility index (Phi) is 13.5. The molecule has 17 heteroatoms. The second-order valence-electron chi connectivity index (χ2n) is 8.19. The highest BCUT2D eigenvalue weighted by molar-refractivity contribution is 7.99. The third-order valence-electron chi connectivity index (χ3n) is 5.03. The van der Waals surface area contributed by atoms with Crippen LogP contribution in [0.2, 0.25) is 0 Å². The van der Waals surface area contributed by atoms with Crippen LogP contribution in [0.1, 0.15) is 24.8 Å². The number of carbonyl (C=O) groups excluding carboxylic acids is 3. The number of hydrogen-bond acceptors (Lipinski definition) is 11. The zero-order valence-electron chi connectivity index (χ0n) is 20.6. The van der Waals surface area contributed by atoms with Gasteiger partial charge in [0, 0.05) is 31.6 Å². The predicted octanol–water partition coefficient (Wildman–Crippen LogP) is -2.47. The van der Waals surface area contributed by atoms with E-state index in [0.717, 1.165) is 17.8 Å². The first-order valence-electron chi connectivity index (χ1n) is 11.4. The Labute approximate surface area is 226 Å². The second kappa shape index (κ2) is 16.0. The Balaban J connectivity index is 3.07. The van der Waals surface area contributed by atoms with Gasteiger partial charge in [0.15, 0.2) is 11.5 Å². The fourth-order valence-corrected chi connectivity index (χ4v) is 4.09. The van der Waals surface area contributed by atoms with Crippen molar-refractivity contribution in [3.8, 4) is 11.5 Å². The highest BCUT2D eigenvalue weighted by Crippen LogP contribution is 2.37. The van der Waals surface area contributed by atoms with Crippen LogP contribution in [0.15, 0.2) is 17.0 Å². The Bertz CT molecular complexity index is 1080. The topological polar surface area (TPSA) is 292 Å². The lowest BCUT2D eigenvalue weighted by Gasteiger charge is -2.19. The number of hydrogen-bond donors (Lipinski definition) is 10. The number of phenols is 2. The van der Waals surface area contributed by atoms with Crippen molar-refractivity contribution in [3.05, 3.63) is 17.7 Å². The molecule has 16 nitrogen and oxygen atoms in total. The summed E-state index contributed by atoms with van der Waals surface area (Å²) in [7, 11) is 0. The molecule has 39 heavy (non-hydrogen) atoms. The first-order valence-corrected chi connectivity index (χ1v) is 12.4. The fourth-order valence-electron chi connectivity index (χ4n) is 3.03. The number of carboxylic acid groups (broad SMARTS) is 3. The van der Waals surface area contributed by atoms with E-state index in [1.54, 1.807) is 0 Å². The van der Waals surface area contributed by atoms with Gasteiger partial charge in [0.05, 0.1) is 4.90 Å². The molecule has 0 saturated carbocycles. The van der Waals surface area contributed by atoms with Crippen LogP contribution in [0.5, 0.6) is 11.5 Å². The highest BCUT2D eigenvalue weighted by atomic mass is 32.2. The molecule has 0 saturated heterocycles. The lowest BCUT2D eigenvalue weighted by Crippen LogP contribution is -2.49. The van der Waals surface area contributed by atoms with Gasteiger partial charge in [0.1, 0.15) is 24.7 Å². The van der Waals surface area contributed by atoms with Gasteiger partial charge in [-0.1, -0.05) is 0 Å². The first-order chi connectivity index (χ1) is 18.2. The van der Waals surface area contributed by atoms with Gasteiger partial charge < -0.3 is 53.0 Å². The van der Waals surface area contributed by atoms with Crippen molar-refractivity contribution in [3.63, 3.8) is 0 Å². The summed E-state index contributed by atoms with van der Waals surface area (Å²) in [6.07, 6.45) is -0.975. The van der Waals surface area contributed by atoms with Crippen molar-refractivity contribution in [1.82, 2.24) is 16.0 Å². The van der Waals surface area contributed by atoms with Crippen molar-refractivity contribution in [2.45, 2.75) is 48.7 Å². The molecule has 0 heterocycles. The average molecular weight is 574 g/mol. The van der Waals surface area contributed by atoms with Gasteiger partial charge in [-0.3, -0.25) is 24.0 Å². The molecule has 0 aromatic heterocycles. The molecular formula is C22H31N5O11S. The number of phenolic OH excluding ortho intramolecular Hbond substituents is 2. The number of thioether (sulfide) groups is 1. The zero-order chi connectivity index (χ0) is 29.7. The lowest BCUT2D eigenvalue weighted by atomic mass is 10.0. The van der Waals surface area contributed by atoms with Crippen LogP contribution in [0.25, 0.3) is 0 Å². The SMILES string of the molecule is NCCC(=O)N[C@@H](Cc1cc(O)c(O)c(SC[C@H](NC(=O)CC[C@H](N)C(=O)O)C(=O)NCC(=O)O)c1)C(=O)O. The van der Waals surface area contributed by atoms with E-state index in [1.807, 2.05) is 0 Å². The van der Waals surface area contributed by atoms with Crippen molar-refractivity contribution in [2.75, 3.05) is 18.8 Å². The summed E-state index contributed by atoms with van der Waals surface area (Å²) in [5.41, 5.74) is 10.9. The molecule has 0 spiro atoms. The molecule has 0 aliphatic rings. The fraction of sp³-hybridized carbons (Fsp3) is 0.455. The minimum Gasteiger partial charge on any atom is -0.504 e. The van der Waals surface area contributed by atoms with Crippen LogP contribution in [0.4, 0.5) is 0 Å². The van der Waals surface area contributed by atoms with Crippen LogP contribution in [0, 0.1) is 0 Å². The summed E-state index contributed by atoms with van der Waals surface area (Å²) in [5, 5.41) is 54.2. The van der Waals surface area contributed by atoms with Crippen molar-refractivity contribution in [1.29, 1.82) is 0 Å². The van der Waals surface area contributed by atoms with Gasteiger partial charge in [0.2, 0.25) is 17.7 Å². The van der Waals surface area contributed by atoms with E-state index in [9.17, 15) is 44.1 Å². The number of rotatable bonds is 17. The molecule has 0 fully saturated rings. The van der Waals surface area contributed by atoms with E-state index in [1.165, 1.54) is 6.07 Å². The van der Waals surface area contributed by atoms with E-state index in [-0.39, 0.29) is 48.4 Å². The van der Waals surface area contributed by atoms with Crippen molar-refractivity contribution >= 4 is 47.4 Å². The number of nitrogens with two attached hydrogens (primary N) is 2. The minimum atomic E-state index is -1.38. The third kappa shape index (κ3) is 11.9. The first kappa shape index (κ1) is 32.9. The maximum absolute atomic E-state index is 12.5. The monoisotopic (exact) mass is 573 g/mol.